The fraction of sp³-hybridized carbons (Fsp3) is 0.533. The molecule has 0 aromatic heterocycles. The first kappa shape index (κ1) is 11.6. The third-order valence-electron chi connectivity index (χ3n) is 4.28. The number of carboxylic acids is 1. The van der Waals surface area contributed by atoms with Gasteiger partial charge in [-0.15, -0.1) is 0 Å². The Morgan fingerprint density at radius 1 is 1.28 bits per heavy atom. The van der Waals surface area contributed by atoms with Crippen LogP contribution in [0.2, 0.25) is 0 Å². The third-order valence-corrected chi connectivity index (χ3v) is 4.28. The molecule has 0 radical (unpaired) electrons. The van der Waals surface area contributed by atoms with Crippen molar-refractivity contribution in [1.29, 1.82) is 0 Å². The molecule has 1 aliphatic carbocycles. The van der Waals surface area contributed by atoms with Crippen molar-refractivity contribution >= 4 is 5.97 Å². The van der Waals surface area contributed by atoms with E-state index in [2.05, 4.69) is 29.2 Å². The van der Waals surface area contributed by atoms with Gasteiger partial charge in [-0.2, -0.15) is 0 Å². The van der Waals surface area contributed by atoms with Gasteiger partial charge in [0.2, 0.25) is 0 Å². The Labute approximate surface area is 107 Å². The molecule has 2 heterocycles. The standard InChI is InChI=1S/C15H19NO2/c17-15(18)14-9-3-8-13-12-7-2-1-5-11(12)6-4-10-16(13)14/h1-2,5,7,11,14H,3-4,6,8-10H2,(H,17,18)/t11?,14-/m0/s1. The molecule has 0 aromatic carbocycles. The molecule has 1 fully saturated rings. The van der Waals surface area contributed by atoms with E-state index in [1.165, 1.54) is 11.3 Å². The molecule has 96 valence electrons. The molecule has 18 heavy (non-hydrogen) atoms. The second-order valence-electron chi connectivity index (χ2n) is 5.33. The summed E-state index contributed by atoms with van der Waals surface area (Å²) in [5.74, 6) is -0.163. The molecule has 3 heteroatoms. The van der Waals surface area contributed by atoms with E-state index in [0.29, 0.717) is 5.92 Å². The minimum absolute atomic E-state index is 0.306. The van der Waals surface area contributed by atoms with Gasteiger partial charge in [0.05, 0.1) is 0 Å². The number of hydrogen-bond donors (Lipinski definition) is 1. The van der Waals surface area contributed by atoms with Crippen LogP contribution in [-0.4, -0.2) is 28.6 Å². The smallest absolute Gasteiger partial charge is 0.326 e. The molecule has 3 nitrogen and oxygen atoms in total. The summed E-state index contributed by atoms with van der Waals surface area (Å²) in [6.45, 7) is 0.897. The Kier molecular flexibility index (Phi) is 2.98. The summed E-state index contributed by atoms with van der Waals surface area (Å²) >= 11 is 0. The van der Waals surface area contributed by atoms with Crippen LogP contribution in [0.4, 0.5) is 0 Å². The van der Waals surface area contributed by atoms with Crippen LogP contribution in [0.5, 0.6) is 0 Å². The van der Waals surface area contributed by atoms with E-state index in [1.54, 1.807) is 0 Å². The summed E-state index contributed by atoms with van der Waals surface area (Å²) in [7, 11) is 0. The summed E-state index contributed by atoms with van der Waals surface area (Å²) in [6, 6.07) is -0.306. The highest BCUT2D eigenvalue weighted by Crippen LogP contribution is 2.37. The molecule has 1 saturated heterocycles. The molecular weight excluding hydrogens is 226 g/mol. The topological polar surface area (TPSA) is 40.5 Å². The lowest BCUT2D eigenvalue weighted by atomic mass is 9.87. The molecule has 0 spiro atoms. The normalized spacial score (nSPS) is 30.8. The van der Waals surface area contributed by atoms with Crippen LogP contribution < -0.4 is 0 Å². The maximum absolute atomic E-state index is 11.4. The van der Waals surface area contributed by atoms with Gasteiger partial charge in [0.25, 0.3) is 0 Å². The second kappa shape index (κ2) is 4.63. The molecule has 2 aliphatic heterocycles. The van der Waals surface area contributed by atoms with E-state index in [1.807, 2.05) is 0 Å². The van der Waals surface area contributed by atoms with E-state index in [0.717, 1.165) is 38.6 Å². The monoisotopic (exact) mass is 245 g/mol. The Morgan fingerprint density at radius 2 is 2.17 bits per heavy atom. The number of piperidine rings is 1. The van der Waals surface area contributed by atoms with Gasteiger partial charge >= 0.3 is 5.97 Å². The predicted molar refractivity (Wildman–Crippen MR) is 70.0 cm³/mol. The highest BCUT2D eigenvalue weighted by Gasteiger charge is 2.34. The van der Waals surface area contributed by atoms with Gasteiger partial charge in [0.1, 0.15) is 6.04 Å². The average molecular weight is 245 g/mol. The second-order valence-corrected chi connectivity index (χ2v) is 5.33. The molecule has 2 atom stereocenters. The Bertz CT molecular complexity index is 447. The van der Waals surface area contributed by atoms with Crippen molar-refractivity contribution in [3.63, 3.8) is 0 Å². The minimum atomic E-state index is -0.665. The maximum atomic E-state index is 11.4. The van der Waals surface area contributed by atoms with Crippen LogP contribution >= 0.6 is 0 Å². The number of rotatable bonds is 1. The quantitative estimate of drug-likeness (QED) is 0.772. The first-order valence-corrected chi connectivity index (χ1v) is 6.85. The first-order chi connectivity index (χ1) is 8.77. The maximum Gasteiger partial charge on any atom is 0.326 e. The van der Waals surface area contributed by atoms with Crippen LogP contribution in [0, 0.1) is 5.92 Å². The summed E-state index contributed by atoms with van der Waals surface area (Å²) in [5, 5.41) is 9.37. The zero-order valence-electron chi connectivity index (χ0n) is 10.5. The van der Waals surface area contributed by atoms with Gasteiger partial charge in [-0.05, 0) is 37.7 Å². The molecule has 3 aliphatic rings. The number of hydrogen-bond acceptors (Lipinski definition) is 2. The minimum Gasteiger partial charge on any atom is -0.480 e. The SMILES string of the molecule is O=C(O)[C@@H]1CCCC2=C3C=CC=CC3CCCN21. The van der Waals surface area contributed by atoms with E-state index in [4.69, 9.17) is 0 Å². The van der Waals surface area contributed by atoms with Crippen molar-refractivity contribution in [2.45, 2.75) is 38.1 Å². The van der Waals surface area contributed by atoms with E-state index < -0.39 is 5.97 Å². The van der Waals surface area contributed by atoms with Crippen molar-refractivity contribution < 1.29 is 9.90 Å². The highest BCUT2D eigenvalue weighted by atomic mass is 16.4. The molecule has 0 bridgehead atoms. The number of carbonyl (C=O) groups is 1. The Hall–Kier alpha value is -1.51. The molecular formula is C15H19NO2. The summed E-state index contributed by atoms with van der Waals surface area (Å²) in [4.78, 5) is 13.5. The Balaban J connectivity index is 2.00. The van der Waals surface area contributed by atoms with Gasteiger partial charge in [-0.25, -0.2) is 4.79 Å². The molecule has 0 aromatic rings. The van der Waals surface area contributed by atoms with E-state index >= 15 is 0 Å². The van der Waals surface area contributed by atoms with Crippen LogP contribution in [0.25, 0.3) is 0 Å². The number of allylic oxidation sites excluding steroid dienone is 6. The molecule has 1 unspecified atom stereocenters. The predicted octanol–water partition coefficient (Wildman–Crippen LogP) is 2.72. The van der Waals surface area contributed by atoms with Crippen molar-refractivity contribution in [3.8, 4) is 0 Å². The van der Waals surface area contributed by atoms with Gasteiger partial charge in [0.15, 0.2) is 0 Å². The van der Waals surface area contributed by atoms with Gasteiger partial charge in [-0.3, -0.25) is 0 Å². The van der Waals surface area contributed by atoms with Gasteiger partial charge in [0, 0.05) is 18.2 Å². The largest absolute Gasteiger partial charge is 0.480 e. The summed E-state index contributed by atoms with van der Waals surface area (Å²) in [6.07, 6.45) is 13.7. The number of aliphatic carboxylic acids is 1. The third kappa shape index (κ3) is 1.88. The van der Waals surface area contributed by atoms with Gasteiger partial charge in [-0.1, -0.05) is 24.3 Å². The average Bonchev–Trinajstić information content (AvgIpc) is 2.57. The number of fused-ring (bicyclic) bond motifs is 2. The van der Waals surface area contributed by atoms with Crippen LogP contribution in [0.3, 0.4) is 0 Å². The summed E-state index contributed by atoms with van der Waals surface area (Å²) in [5.41, 5.74) is 2.65. The fourth-order valence-corrected chi connectivity index (χ4v) is 3.44. The summed E-state index contributed by atoms with van der Waals surface area (Å²) < 4.78 is 0. The molecule has 0 saturated carbocycles. The zero-order valence-corrected chi connectivity index (χ0v) is 10.5. The van der Waals surface area contributed by atoms with Gasteiger partial charge < -0.3 is 10.0 Å². The lowest BCUT2D eigenvalue weighted by molar-refractivity contribution is -0.143. The van der Waals surface area contributed by atoms with Crippen molar-refractivity contribution in [3.05, 3.63) is 35.6 Å². The van der Waals surface area contributed by atoms with E-state index in [-0.39, 0.29) is 6.04 Å². The number of nitrogens with zero attached hydrogens (tertiary/aromatic N) is 1. The van der Waals surface area contributed by atoms with Crippen molar-refractivity contribution in [1.82, 2.24) is 4.90 Å². The zero-order chi connectivity index (χ0) is 12.5. The molecule has 1 N–H and O–H groups in total. The molecule has 0 amide bonds. The number of carboxylic acid groups (broad SMARTS) is 1. The van der Waals surface area contributed by atoms with E-state index in [9.17, 15) is 9.90 Å². The lowest BCUT2D eigenvalue weighted by Gasteiger charge is -2.37. The lowest BCUT2D eigenvalue weighted by Crippen LogP contribution is -2.43. The first-order valence-electron chi connectivity index (χ1n) is 6.85. The fourth-order valence-electron chi connectivity index (χ4n) is 3.44. The van der Waals surface area contributed by atoms with Crippen molar-refractivity contribution in [2.24, 2.45) is 5.92 Å². The van der Waals surface area contributed by atoms with Crippen LogP contribution in [0.1, 0.15) is 32.1 Å². The molecule has 3 rings (SSSR count). The Morgan fingerprint density at radius 3 is 3.00 bits per heavy atom. The highest BCUT2D eigenvalue weighted by molar-refractivity contribution is 5.74. The van der Waals surface area contributed by atoms with Crippen LogP contribution in [-0.2, 0) is 4.79 Å². The van der Waals surface area contributed by atoms with Crippen molar-refractivity contribution in [2.75, 3.05) is 6.54 Å². The van der Waals surface area contributed by atoms with Crippen LogP contribution in [0.15, 0.2) is 35.6 Å².